The van der Waals surface area contributed by atoms with E-state index in [1.54, 1.807) is 0 Å². The zero-order chi connectivity index (χ0) is 5.82. The van der Waals surface area contributed by atoms with Crippen LogP contribution in [0, 0.1) is 0 Å². The van der Waals surface area contributed by atoms with Gasteiger partial charge in [-0.1, -0.05) is 30.3 Å². The predicted molar refractivity (Wildman–Crippen MR) is 38.0 cm³/mol. The van der Waals surface area contributed by atoms with E-state index in [4.69, 9.17) is 4.80 Å². The maximum absolute atomic E-state index is 8.68. The van der Waals surface area contributed by atoms with Gasteiger partial charge in [0.15, 0.2) is 9.76 Å². The van der Waals surface area contributed by atoms with Crippen LogP contribution in [0.3, 0.4) is 0 Å². The van der Waals surface area contributed by atoms with E-state index < -0.39 is 9.76 Å². The molecule has 0 amide bonds. The third-order valence-corrected chi connectivity index (χ3v) is 1.86. The van der Waals surface area contributed by atoms with Gasteiger partial charge in [-0.25, -0.2) is 0 Å². The smallest absolute Gasteiger partial charge is 1.00 e. The summed E-state index contributed by atoms with van der Waals surface area (Å²) >= 11 is 0. The van der Waals surface area contributed by atoms with Crippen LogP contribution in [-0.4, -0.2) is 14.6 Å². The fraction of sp³-hybridized carbons (Fsp3) is 0. The second-order valence-corrected chi connectivity index (χ2v) is 2.78. The fourth-order valence-electron chi connectivity index (χ4n) is 0.583. The van der Waals surface area contributed by atoms with Crippen LogP contribution in [0.15, 0.2) is 30.3 Å². The molecule has 0 aliphatic rings. The minimum Gasteiger partial charge on any atom is -1.00 e. The summed E-state index contributed by atoms with van der Waals surface area (Å²) in [7, 11) is -0.909. The Morgan fingerprint density at radius 3 is 2.11 bits per heavy atom. The van der Waals surface area contributed by atoms with E-state index >= 15 is 0 Å². The molecular formula is C6H9NaOSi. The molecule has 0 heterocycles. The van der Waals surface area contributed by atoms with Gasteiger partial charge >= 0.3 is 29.6 Å². The number of hydrogen-bond acceptors (Lipinski definition) is 1. The van der Waals surface area contributed by atoms with Crippen LogP contribution in [0.2, 0.25) is 0 Å². The van der Waals surface area contributed by atoms with Crippen LogP contribution in [0.1, 0.15) is 1.43 Å². The van der Waals surface area contributed by atoms with E-state index in [9.17, 15) is 0 Å². The van der Waals surface area contributed by atoms with E-state index in [2.05, 4.69) is 0 Å². The Hall–Kier alpha value is 0.397. The van der Waals surface area contributed by atoms with Gasteiger partial charge in [0, 0.05) is 0 Å². The summed E-state index contributed by atoms with van der Waals surface area (Å²) in [5, 5.41) is 1.10. The van der Waals surface area contributed by atoms with E-state index in [0.717, 1.165) is 5.19 Å². The van der Waals surface area contributed by atoms with Crippen molar-refractivity contribution in [3.05, 3.63) is 30.3 Å². The molecule has 9 heavy (non-hydrogen) atoms. The summed E-state index contributed by atoms with van der Waals surface area (Å²) in [6.45, 7) is 0. The van der Waals surface area contributed by atoms with Gasteiger partial charge < -0.3 is 6.22 Å². The number of rotatable bonds is 1. The molecule has 0 spiro atoms. The molecule has 0 aliphatic heterocycles. The summed E-state index contributed by atoms with van der Waals surface area (Å²) in [6, 6.07) is 9.74. The second kappa shape index (κ2) is 5.20. The minimum absolute atomic E-state index is 0. The SMILES string of the molecule is O[SiH2]c1ccccc1.[H-].[Na+]. The molecule has 0 radical (unpaired) electrons. The first-order chi connectivity index (χ1) is 3.93. The summed E-state index contributed by atoms with van der Waals surface area (Å²) in [5.41, 5.74) is 0. The van der Waals surface area contributed by atoms with Gasteiger partial charge in [-0.3, -0.25) is 0 Å². The van der Waals surface area contributed by atoms with Crippen LogP contribution in [0.5, 0.6) is 0 Å². The van der Waals surface area contributed by atoms with Gasteiger partial charge in [0.1, 0.15) is 0 Å². The van der Waals surface area contributed by atoms with Crippen LogP contribution >= 0.6 is 0 Å². The molecule has 0 aromatic heterocycles. The molecule has 1 rings (SSSR count). The van der Waals surface area contributed by atoms with Crippen molar-refractivity contribution in [3.63, 3.8) is 0 Å². The number of hydrogen-bond donors (Lipinski definition) is 1. The first-order valence-electron chi connectivity index (χ1n) is 2.58. The Morgan fingerprint density at radius 2 is 1.78 bits per heavy atom. The fourth-order valence-corrected chi connectivity index (χ4v) is 1.07. The standard InChI is InChI=1S/C6H8OSi.Na.H/c7-8-6-4-2-1-3-5-6;;/h1-5,7H,8H2;;/q;+1;-1. The van der Waals surface area contributed by atoms with Crippen molar-refractivity contribution in [2.24, 2.45) is 0 Å². The average molecular weight is 148 g/mol. The molecule has 0 unspecified atom stereocenters. The van der Waals surface area contributed by atoms with Crippen LogP contribution in [0.25, 0.3) is 0 Å². The quantitative estimate of drug-likeness (QED) is 0.410. The molecular weight excluding hydrogens is 139 g/mol. The molecule has 0 bridgehead atoms. The Balaban J connectivity index is 0. The molecule has 0 saturated heterocycles. The van der Waals surface area contributed by atoms with Crippen molar-refractivity contribution in [3.8, 4) is 0 Å². The van der Waals surface area contributed by atoms with E-state index in [-0.39, 0.29) is 31.0 Å². The largest absolute Gasteiger partial charge is 1.00 e. The minimum atomic E-state index is -0.909. The molecule has 1 aromatic rings. The normalized spacial score (nSPS) is 9.44. The van der Waals surface area contributed by atoms with Crippen molar-refractivity contribution in [1.29, 1.82) is 0 Å². The molecule has 3 heteroatoms. The Kier molecular flexibility index (Phi) is 5.43. The Labute approximate surface area is 80.8 Å². The van der Waals surface area contributed by atoms with Gasteiger partial charge in [0.05, 0.1) is 0 Å². The summed E-state index contributed by atoms with van der Waals surface area (Å²) in [5.74, 6) is 0. The molecule has 0 aliphatic carbocycles. The van der Waals surface area contributed by atoms with Crippen LogP contribution in [-0.2, 0) is 0 Å². The van der Waals surface area contributed by atoms with E-state index in [1.807, 2.05) is 30.3 Å². The van der Waals surface area contributed by atoms with Crippen molar-refractivity contribution in [2.45, 2.75) is 0 Å². The Bertz CT molecular complexity index is 159. The molecule has 0 saturated carbocycles. The molecule has 0 fully saturated rings. The van der Waals surface area contributed by atoms with Crippen molar-refractivity contribution >= 4 is 14.9 Å². The monoisotopic (exact) mass is 148 g/mol. The van der Waals surface area contributed by atoms with E-state index in [1.165, 1.54) is 0 Å². The third-order valence-electron chi connectivity index (χ3n) is 1.03. The first kappa shape index (κ1) is 9.40. The van der Waals surface area contributed by atoms with Crippen LogP contribution < -0.4 is 34.7 Å². The van der Waals surface area contributed by atoms with Gasteiger partial charge in [-0.15, -0.1) is 0 Å². The zero-order valence-corrected chi connectivity index (χ0v) is 8.96. The Morgan fingerprint density at radius 1 is 1.22 bits per heavy atom. The maximum Gasteiger partial charge on any atom is 1.00 e. The summed E-state index contributed by atoms with van der Waals surface area (Å²) < 4.78 is 0. The van der Waals surface area contributed by atoms with Gasteiger partial charge in [-0.2, -0.15) is 0 Å². The topological polar surface area (TPSA) is 20.2 Å². The van der Waals surface area contributed by atoms with Gasteiger partial charge in [-0.05, 0) is 5.19 Å². The second-order valence-electron chi connectivity index (χ2n) is 1.64. The molecule has 0 atom stereocenters. The maximum atomic E-state index is 8.68. The average Bonchev–Trinajstić information content (AvgIpc) is 1.90. The zero-order valence-electron chi connectivity index (χ0n) is 6.54. The third kappa shape index (κ3) is 3.18. The predicted octanol–water partition coefficient (Wildman–Crippen LogP) is -3.50. The van der Waals surface area contributed by atoms with Crippen LogP contribution in [0.4, 0.5) is 0 Å². The molecule has 1 nitrogen and oxygen atoms in total. The summed E-state index contributed by atoms with van der Waals surface area (Å²) in [6.07, 6.45) is 0. The number of benzene rings is 1. The molecule has 1 aromatic carbocycles. The van der Waals surface area contributed by atoms with Crippen molar-refractivity contribution in [2.75, 3.05) is 0 Å². The van der Waals surface area contributed by atoms with Crippen molar-refractivity contribution in [1.82, 2.24) is 0 Å². The summed E-state index contributed by atoms with van der Waals surface area (Å²) in [4.78, 5) is 8.68. The molecule has 1 N–H and O–H groups in total. The first-order valence-corrected chi connectivity index (χ1v) is 3.92. The van der Waals surface area contributed by atoms with Crippen molar-refractivity contribution < 1.29 is 35.8 Å². The van der Waals surface area contributed by atoms with Gasteiger partial charge in [0.25, 0.3) is 0 Å². The van der Waals surface area contributed by atoms with E-state index in [0.29, 0.717) is 0 Å². The molecule has 44 valence electrons. The van der Waals surface area contributed by atoms with Gasteiger partial charge in [0.2, 0.25) is 0 Å².